The van der Waals surface area contributed by atoms with Crippen LogP contribution in [0.4, 0.5) is 4.39 Å². The summed E-state index contributed by atoms with van der Waals surface area (Å²) in [4.78, 5) is 11.8. The fourth-order valence-electron chi connectivity index (χ4n) is 2.10. The highest BCUT2D eigenvalue weighted by Crippen LogP contribution is 2.15. The van der Waals surface area contributed by atoms with E-state index in [1.54, 1.807) is 6.07 Å². The number of halogens is 3. The zero-order valence-electron chi connectivity index (χ0n) is 10.4. The Bertz CT molecular complexity index is 439. The van der Waals surface area contributed by atoms with Crippen molar-refractivity contribution in [3.05, 3.63) is 34.1 Å². The molecule has 1 fully saturated rings. The van der Waals surface area contributed by atoms with Gasteiger partial charge >= 0.3 is 0 Å². The van der Waals surface area contributed by atoms with Crippen LogP contribution in [0.2, 0.25) is 0 Å². The highest BCUT2D eigenvalue weighted by atomic mass is 79.9. The zero-order chi connectivity index (χ0) is 13.0. The Kier molecular flexibility index (Phi) is 6.75. The number of hydrogen-bond acceptors (Lipinski definition) is 2. The Hall–Kier alpha value is -0.650. The van der Waals surface area contributed by atoms with Gasteiger partial charge in [0, 0.05) is 11.0 Å². The number of benzene rings is 1. The average Bonchev–Trinajstić information content (AvgIpc) is 2.37. The van der Waals surface area contributed by atoms with Gasteiger partial charge in [0.05, 0.1) is 5.56 Å². The maximum absolute atomic E-state index is 13.6. The maximum Gasteiger partial charge on any atom is 0.254 e. The standard InChI is InChI=1S/C13H16BrFN2O.ClH/c14-10-3-4-11(12(15)6-10)13(18)17-8-9-2-1-5-16-7-9;/h3-4,6,9,16H,1-2,5,7-8H2,(H,17,18);1H. The molecule has 1 saturated heterocycles. The van der Waals surface area contributed by atoms with Crippen molar-refractivity contribution in [3.63, 3.8) is 0 Å². The Labute approximate surface area is 126 Å². The molecule has 1 atom stereocenters. The first-order chi connectivity index (χ1) is 8.66. The Morgan fingerprint density at radius 3 is 2.95 bits per heavy atom. The molecule has 106 valence electrons. The first-order valence-corrected chi connectivity index (χ1v) is 6.90. The Morgan fingerprint density at radius 2 is 2.32 bits per heavy atom. The number of amides is 1. The molecule has 1 heterocycles. The van der Waals surface area contributed by atoms with Crippen LogP contribution in [0.5, 0.6) is 0 Å². The van der Waals surface area contributed by atoms with Crippen LogP contribution in [0.25, 0.3) is 0 Å². The van der Waals surface area contributed by atoms with Crippen LogP contribution in [0.1, 0.15) is 23.2 Å². The van der Waals surface area contributed by atoms with Gasteiger partial charge in [-0.3, -0.25) is 4.79 Å². The van der Waals surface area contributed by atoms with Gasteiger partial charge in [0.2, 0.25) is 0 Å². The SMILES string of the molecule is Cl.O=C(NCC1CCCNC1)c1ccc(Br)cc1F. The van der Waals surface area contributed by atoms with Gasteiger partial charge in [-0.1, -0.05) is 15.9 Å². The molecule has 1 amide bonds. The van der Waals surface area contributed by atoms with E-state index < -0.39 is 5.82 Å². The molecule has 0 spiro atoms. The van der Waals surface area contributed by atoms with Crippen molar-refractivity contribution in [1.82, 2.24) is 10.6 Å². The highest BCUT2D eigenvalue weighted by molar-refractivity contribution is 9.10. The molecule has 1 aromatic rings. The molecule has 0 saturated carbocycles. The molecule has 1 unspecified atom stereocenters. The van der Waals surface area contributed by atoms with Crippen molar-refractivity contribution in [2.75, 3.05) is 19.6 Å². The van der Waals surface area contributed by atoms with E-state index in [0.29, 0.717) is 16.9 Å². The van der Waals surface area contributed by atoms with E-state index in [0.717, 1.165) is 25.9 Å². The minimum atomic E-state index is -0.497. The molecule has 0 aliphatic carbocycles. The number of carbonyl (C=O) groups excluding carboxylic acids is 1. The van der Waals surface area contributed by atoms with Crippen molar-refractivity contribution in [2.24, 2.45) is 5.92 Å². The molecular weight excluding hydrogens is 335 g/mol. The van der Waals surface area contributed by atoms with E-state index in [2.05, 4.69) is 26.6 Å². The highest BCUT2D eigenvalue weighted by Gasteiger charge is 2.16. The Morgan fingerprint density at radius 1 is 1.53 bits per heavy atom. The minimum Gasteiger partial charge on any atom is -0.352 e. The lowest BCUT2D eigenvalue weighted by Crippen LogP contribution is -2.38. The molecule has 2 rings (SSSR count). The number of nitrogens with one attached hydrogen (secondary N) is 2. The summed E-state index contributed by atoms with van der Waals surface area (Å²) in [6.45, 7) is 2.57. The maximum atomic E-state index is 13.6. The molecule has 3 nitrogen and oxygen atoms in total. The van der Waals surface area contributed by atoms with Crippen LogP contribution in [0, 0.1) is 11.7 Å². The lowest BCUT2D eigenvalue weighted by molar-refractivity contribution is 0.0941. The number of rotatable bonds is 3. The van der Waals surface area contributed by atoms with Crippen molar-refractivity contribution >= 4 is 34.2 Å². The third-order valence-corrected chi connectivity index (χ3v) is 3.62. The van der Waals surface area contributed by atoms with Gasteiger partial charge in [-0.25, -0.2) is 4.39 Å². The monoisotopic (exact) mass is 350 g/mol. The summed E-state index contributed by atoms with van der Waals surface area (Å²) in [6.07, 6.45) is 2.24. The van der Waals surface area contributed by atoms with Crippen LogP contribution < -0.4 is 10.6 Å². The Balaban J connectivity index is 0.00000180. The van der Waals surface area contributed by atoms with E-state index in [1.165, 1.54) is 12.1 Å². The van der Waals surface area contributed by atoms with E-state index in [9.17, 15) is 9.18 Å². The smallest absolute Gasteiger partial charge is 0.254 e. The summed E-state index contributed by atoms with van der Waals surface area (Å²) in [6, 6.07) is 4.46. The normalized spacial score (nSPS) is 18.5. The molecule has 2 N–H and O–H groups in total. The minimum absolute atomic E-state index is 0. The third kappa shape index (κ3) is 4.75. The van der Waals surface area contributed by atoms with Gasteiger partial charge in [0.1, 0.15) is 5.82 Å². The first-order valence-electron chi connectivity index (χ1n) is 6.11. The summed E-state index contributed by atoms with van der Waals surface area (Å²) in [7, 11) is 0. The van der Waals surface area contributed by atoms with Gasteiger partial charge < -0.3 is 10.6 Å². The van der Waals surface area contributed by atoms with Gasteiger partial charge in [-0.05, 0) is 50.0 Å². The molecule has 1 aromatic carbocycles. The summed E-state index contributed by atoms with van der Waals surface area (Å²) in [5.74, 6) is -0.393. The summed E-state index contributed by atoms with van der Waals surface area (Å²) < 4.78 is 14.2. The number of piperidine rings is 1. The third-order valence-electron chi connectivity index (χ3n) is 3.13. The van der Waals surface area contributed by atoms with Gasteiger partial charge in [0.25, 0.3) is 5.91 Å². The fraction of sp³-hybridized carbons (Fsp3) is 0.462. The quantitative estimate of drug-likeness (QED) is 0.879. The predicted octanol–water partition coefficient (Wildman–Crippen LogP) is 2.74. The molecule has 6 heteroatoms. The largest absolute Gasteiger partial charge is 0.352 e. The average molecular weight is 352 g/mol. The van der Waals surface area contributed by atoms with Gasteiger partial charge in [-0.2, -0.15) is 0 Å². The van der Waals surface area contributed by atoms with Crippen LogP contribution >= 0.6 is 28.3 Å². The van der Waals surface area contributed by atoms with Crippen molar-refractivity contribution < 1.29 is 9.18 Å². The second kappa shape index (κ2) is 7.82. The van der Waals surface area contributed by atoms with Gasteiger partial charge in [-0.15, -0.1) is 12.4 Å². The molecule has 1 aliphatic heterocycles. The topological polar surface area (TPSA) is 41.1 Å². The summed E-state index contributed by atoms with van der Waals surface area (Å²) in [5.41, 5.74) is 0.0990. The van der Waals surface area contributed by atoms with Crippen LogP contribution in [-0.4, -0.2) is 25.5 Å². The summed E-state index contributed by atoms with van der Waals surface area (Å²) >= 11 is 3.17. The van der Waals surface area contributed by atoms with E-state index in [4.69, 9.17) is 0 Å². The molecule has 0 radical (unpaired) electrons. The first kappa shape index (κ1) is 16.4. The second-order valence-corrected chi connectivity index (χ2v) is 5.46. The van der Waals surface area contributed by atoms with E-state index in [-0.39, 0.29) is 23.9 Å². The van der Waals surface area contributed by atoms with Crippen molar-refractivity contribution in [3.8, 4) is 0 Å². The number of hydrogen-bond donors (Lipinski definition) is 2. The van der Waals surface area contributed by atoms with Crippen LogP contribution in [0.15, 0.2) is 22.7 Å². The fourth-order valence-corrected chi connectivity index (χ4v) is 2.44. The molecule has 0 bridgehead atoms. The molecule has 1 aliphatic rings. The molecular formula is C13H17BrClFN2O. The zero-order valence-corrected chi connectivity index (χ0v) is 12.8. The molecule has 0 aromatic heterocycles. The van der Waals surface area contributed by atoms with E-state index in [1.807, 2.05) is 0 Å². The predicted molar refractivity (Wildman–Crippen MR) is 79.3 cm³/mol. The van der Waals surface area contributed by atoms with Crippen molar-refractivity contribution in [2.45, 2.75) is 12.8 Å². The van der Waals surface area contributed by atoms with Crippen LogP contribution in [-0.2, 0) is 0 Å². The lowest BCUT2D eigenvalue weighted by atomic mass is 9.99. The lowest BCUT2D eigenvalue weighted by Gasteiger charge is -2.22. The van der Waals surface area contributed by atoms with Gasteiger partial charge in [0.15, 0.2) is 0 Å². The van der Waals surface area contributed by atoms with Crippen LogP contribution in [0.3, 0.4) is 0 Å². The molecule has 19 heavy (non-hydrogen) atoms. The van der Waals surface area contributed by atoms with E-state index >= 15 is 0 Å². The second-order valence-electron chi connectivity index (χ2n) is 4.55. The number of carbonyl (C=O) groups is 1. The van der Waals surface area contributed by atoms with Crippen molar-refractivity contribution in [1.29, 1.82) is 0 Å². The summed E-state index contributed by atoms with van der Waals surface area (Å²) in [5, 5.41) is 6.08.